The summed E-state index contributed by atoms with van der Waals surface area (Å²) >= 11 is 0. The van der Waals surface area contributed by atoms with Gasteiger partial charge in [-0.05, 0) is 57.6 Å². The Kier molecular flexibility index (Phi) is 4.43. The number of carbonyl (C=O) groups excluding carboxylic acids is 1. The number of aryl methyl sites for hydroxylation is 2. The number of carbonyl (C=O) groups is 1. The van der Waals surface area contributed by atoms with Gasteiger partial charge in [-0.3, -0.25) is 9.78 Å². The van der Waals surface area contributed by atoms with Crippen molar-refractivity contribution in [1.82, 2.24) is 4.98 Å². The first-order valence-electron chi connectivity index (χ1n) is 7.42. The molecule has 1 heterocycles. The zero-order valence-corrected chi connectivity index (χ0v) is 12.7. The third-order valence-electron chi connectivity index (χ3n) is 4.58. The van der Waals surface area contributed by atoms with Gasteiger partial charge < -0.3 is 11.1 Å². The van der Waals surface area contributed by atoms with Gasteiger partial charge in [-0.2, -0.15) is 0 Å². The fourth-order valence-electron chi connectivity index (χ4n) is 2.91. The standard InChI is InChI=1S/C16H25N3O/c1-11-6-8-16(10-17,9-7-11)15(20)19-14-5-4-12(2)18-13(14)3/h4-5,11H,6-10,17H2,1-3H3,(H,19,20). The van der Waals surface area contributed by atoms with Crippen LogP contribution in [0.15, 0.2) is 12.1 Å². The fourth-order valence-corrected chi connectivity index (χ4v) is 2.91. The van der Waals surface area contributed by atoms with Crippen molar-refractivity contribution >= 4 is 11.6 Å². The van der Waals surface area contributed by atoms with E-state index in [-0.39, 0.29) is 5.91 Å². The number of nitrogens with two attached hydrogens (primary N) is 1. The molecule has 0 aromatic carbocycles. The van der Waals surface area contributed by atoms with Crippen molar-refractivity contribution in [2.45, 2.75) is 46.5 Å². The minimum atomic E-state index is -0.399. The van der Waals surface area contributed by atoms with Gasteiger partial charge in [-0.15, -0.1) is 0 Å². The number of aromatic nitrogens is 1. The van der Waals surface area contributed by atoms with Crippen LogP contribution in [-0.2, 0) is 4.79 Å². The van der Waals surface area contributed by atoms with Crippen molar-refractivity contribution in [2.24, 2.45) is 17.1 Å². The average Bonchev–Trinajstić information content (AvgIpc) is 2.43. The Bertz CT molecular complexity index is 490. The highest BCUT2D eigenvalue weighted by Crippen LogP contribution is 2.39. The number of nitrogens with one attached hydrogen (secondary N) is 1. The third kappa shape index (κ3) is 3.01. The van der Waals surface area contributed by atoms with E-state index in [9.17, 15) is 4.79 Å². The van der Waals surface area contributed by atoms with Crippen molar-refractivity contribution in [1.29, 1.82) is 0 Å². The number of anilines is 1. The summed E-state index contributed by atoms with van der Waals surface area (Å²) in [6.45, 7) is 6.53. The Balaban J connectivity index is 2.13. The highest BCUT2D eigenvalue weighted by molar-refractivity contribution is 5.96. The highest BCUT2D eigenvalue weighted by Gasteiger charge is 2.39. The molecule has 0 bridgehead atoms. The van der Waals surface area contributed by atoms with Crippen molar-refractivity contribution in [3.63, 3.8) is 0 Å². The predicted octanol–water partition coefficient (Wildman–Crippen LogP) is 2.79. The zero-order chi connectivity index (χ0) is 14.8. The number of nitrogens with zero attached hydrogens (tertiary/aromatic N) is 1. The van der Waals surface area contributed by atoms with Crippen LogP contribution in [0.3, 0.4) is 0 Å². The summed E-state index contributed by atoms with van der Waals surface area (Å²) in [5, 5.41) is 3.03. The van der Waals surface area contributed by atoms with Crippen LogP contribution in [0.4, 0.5) is 5.69 Å². The number of hydrogen-bond donors (Lipinski definition) is 2. The Labute approximate surface area is 121 Å². The van der Waals surface area contributed by atoms with Crippen LogP contribution in [0.2, 0.25) is 0 Å². The van der Waals surface area contributed by atoms with E-state index in [0.29, 0.717) is 12.5 Å². The Morgan fingerprint density at radius 1 is 1.40 bits per heavy atom. The summed E-state index contributed by atoms with van der Waals surface area (Å²) in [6.07, 6.45) is 3.93. The molecule has 1 fully saturated rings. The molecule has 0 aliphatic heterocycles. The highest BCUT2D eigenvalue weighted by atomic mass is 16.2. The second-order valence-corrected chi connectivity index (χ2v) is 6.21. The molecule has 0 saturated heterocycles. The van der Waals surface area contributed by atoms with E-state index >= 15 is 0 Å². The van der Waals surface area contributed by atoms with Gasteiger partial charge >= 0.3 is 0 Å². The molecule has 1 aliphatic rings. The normalized spacial score (nSPS) is 26.3. The van der Waals surface area contributed by atoms with Gasteiger partial charge in [-0.1, -0.05) is 6.92 Å². The third-order valence-corrected chi connectivity index (χ3v) is 4.58. The Morgan fingerprint density at radius 3 is 2.60 bits per heavy atom. The first kappa shape index (κ1) is 15.0. The lowest BCUT2D eigenvalue weighted by molar-refractivity contribution is -0.127. The minimum Gasteiger partial charge on any atom is -0.329 e. The van der Waals surface area contributed by atoms with Crippen LogP contribution in [0.25, 0.3) is 0 Å². The maximum absolute atomic E-state index is 12.6. The first-order valence-corrected chi connectivity index (χ1v) is 7.42. The molecule has 0 atom stereocenters. The van der Waals surface area contributed by atoms with Crippen LogP contribution in [0.1, 0.15) is 44.0 Å². The summed E-state index contributed by atoms with van der Waals surface area (Å²) in [5.74, 6) is 0.755. The molecular weight excluding hydrogens is 250 g/mol. The van der Waals surface area contributed by atoms with E-state index in [1.165, 1.54) is 0 Å². The van der Waals surface area contributed by atoms with Crippen LogP contribution < -0.4 is 11.1 Å². The number of rotatable bonds is 3. The van der Waals surface area contributed by atoms with Crippen LogP contribution in [0, 0.1) is 25.2 Å². The summed E-state index contributed by atoms with van der Waals surface area (Å²) in [6, 6.07) is 3.84. The fraction of sp³-hybridized carbons (Fsp3) is 0.625. The molecule has 20 heavy (non-hydrogen) atoms. The van der Waals surface area contributed by atoms with Crippen molar-refractivity contribution in [3.05, 3.63) is 23.5 Å². The molecule has 1 aromatic heterocycles. The van der Waals surface area contributed by atoms with Gasteiger partial charge in [0.1, 0.15) is 0 Å². The molecule has 2 rings (SSSR count). The lowest BCUT2D eigenvalue weighted by Gasteiger charge is -2.37. The molecule has 0 spiro atoms. The number of pyridine rings is 1. The molecule has 0 unspecified atom stereocenters. The summed E-state index contributed by atoms with van der Waals surface area (Å²) < 4.78 is 0. The predicted molar refractivity (Wildman–Crippen MR) is 81.5 cm³/mol. The van der Waals surface area contributed by atoms with Crippen molar-refractivity contribution in [2.75, 3.05) is 11.9 Å². The van der Waals surface area contributed by atoms with Gasteiger partial charge in [0.2, 0.25) is 5.91 Å². The minimum absolute atomic E-state index is 0.0562. The molecular formula is C16H25N3O. The second kappa shape index (κ2) is 5.92. The van der Waals surface area contributed by atoms with E-state index in [1.807, 2.05) is 26.0 Å². The lowest BCUT2D eigenvalue weighted by atomic mass is 9.70. The molecule has 1 aromatic rings. The largest absolute Gasteiger partial charge is 0.329 e. The lowest BCUT2D eigenvalue weighted by Crippen LogP contribution is -2.45. The quantitative estimate of drug-likeness (QED) is 0.891. The molecule has 4 nitrogen and oxygen atoms in total. The van der Waals surface area contributed by atoms with Gasteiger partial charge in [0.15, 0.2) is 0 Å². The Hall–Kier alpha value is -1.42. The molecule has 1 saturated carbocycles. The smallest absolute Gasteiger partial charge is 0.231 e. The number of hydrogen-bond acceptors (Lipinski definition) is 3. The molecule has 0 radical (unpaired) electrons. The van der Waals surface area contributed by atoms with Crippen LogP contribution >= 0.6 is 0 Å². The van der Waals surface area contributed by atoms with Gasteiger partial charge in [0.25, 0.3) is 0 Å². The average molecular weight is 275 g/mol. The van der Waals surface area contributed by atoms with E-state index in [1.54, 1.807) is 0 Å². The number of amides is 1. The van der Waals surface area contributed by atoms with Gasteiger partial charge in [-0.25, -0.2) is 0 Å². The maximum Gasteiger partial charge on any atom is 0.231 e. The second-order valence-electron chi connectivity index (χ2n) is 6.21. The monoisotopic (exact) mass is 275 g/mol. The first-order chi connectivity index (χ1) is 9.47. The maximum atomic E-state index is 12.6. The summed E-state index contributed by atoms with van der Waals surface area (Å²) in [4.78, 5) is 17.0. The topological polar surface area (TPSA) is 68.0 Å². The van der Waals surface area contributed by atoms with E-state index in [0.717, 1.165) is 42.8 Å². The van der Waals surface area contributed by atoms with Gasteiger partial charge in [0.05, 0.1) is 16.8 Å². The van der Waals surface area contributed by atoms with Gasteiger partial charge in [0, 0.05) is 12.2 Å². The van der Waals surface area contributed by atoms with E-state index in [2.05, 4.69) is 17.2 Å². The summed E-state index contributed by atoms with van der Waals surface area (Å²) in [5.41, 5.74) is 8.14. The Morgan fingerprint density at radius 2 is 2.05 bits per heavy atom. The van der Waals surface area contributed by atoms with Crippen LogP contribution in [-0.4, -0.2) is 17.4 Å². The molecule has 110 valence electrons. The van der Waals surface area contributed by atoms with Crippen LogP contribution in [0.5, 0.6) is 0 Å². The molecule has 1 aliphatic carbocycles. The molecule has 4 heteroatoms. The SMILES string of the molecule is Cc1ccc(NC(=O)C2(CN)CCC(C)CC2)c(C)n1. The van der Waals surface area contributed by atoms with E-state index < -0.39 is 5.41 Å². The summed E-state index contributed by atoms with van der Waals surface area (Å²) in [7, 11) is 0. The molecule has 1 amide bonds. The van der Waals surface area contributed by atoms with Crippen molar-refractivity contribution < 1.29 is 4.79 Å². The molecule has 3 N–H and O–H groups in total. The van der Waals surface area contributed by atoms with E-state index in [4.69, 9.17) is 5.73 Å². The zero-order valence-electron chi connectivity index (χ0n) is 12.7. The van der Waals surface area contributed by atoms with Crippen molar-refractivity contribution in [3.8, 4) is 0 Å².